The van der Waals surface area contributed by atoms with Crippen LogP contribution in [0.25, 0.3) is 0 Å². The van der Waals surface area contributed by atoms with Gasteiger partial charge in [0.05, 0.1) is 11.6 Å². The molecule has 0 bridgehead atoms. The zero-order chi connectivity index (χ0) is 14.5. The lowest BCUT2D eigenvalue weighted by atomic mass is 10.2. The number of benzene rings is 2. The van der Waals surface area contributed by atoms with Crippen LogP contribution in [-0.4, -0.2) is 7.11 Å². The first-order chi connectivity index (χ1) is 9.65. The van der Waals surface area contributed by atoms with E-state index >= 15 is 0 Å². The molecule has 0 heterocycles. The number of methoxy groups -OCH3 is 1. The molecule has 2 N–H and O–H groups in total. The first kappa shape index (κ1) is 14.8. The Morgan fingerprint density at radius 3 is 2.65 bits per heavy atom. The molecule has 0 radical (unpaired) electrons. The summed E-state index contributed by atoms with van der Waals surface area (Å²) >= 11 is 3.41. The van der Waals surface area contributed by atoms with Gasteiger partial charge in [-0.2, -0.15) is 0 Å². The minimum absolute atomic E-state index is 0.129. The monoisotopic (exact) mass is 339 g/mol. The molecule has 0 aromatic heterocycles. The highest BCUT2D eigenvalue weighted by Gasteiger charge is 2.10. The standard InChI is InChI=1S/C15H15BrFNO2/c1-19-14-4-2-3-11(15(14)17)9-20-13-6-5-10(8-18)7-12(13)16/h2-7H,8-9,18H2,1H3. The summed E-state index contributed by atoms with van der Waals surface area (Å²) in [7, 11) is 1.44. The summed E-state index contributed by atoms with van der Waals surface area (Å²) < 4.78 is 25.3. The summed E-state index contributed by atoms with van der Waals surface area (Å²) in [4.78, 5) is 0. The van der Waals surface area contributed by atoms with Crippen LogP contribution < -0.4 is 15.2 Å². The number of halogens is 2. The molecular formula is C15H15BrFNO2. The van der Waals surface area contributed by atoms with Crippen LogP contribution in [0.2, 0.25) is 0 Å². The average molecular weight is 340 g/mol. The predicted molar refractivity (Wildman–Crippen MR) is 79.3 cm³/mol. The Morgan fingerprint density at radius 1 is 1.20 bits per heavy atom. The Kier molecular flexibility index (Phi) is 4.98. The molecule has 5 heteroatoms. The van der Waals surface area contributed by atoms with Crippen molar-refractivity contribution in [3.63, 3.8) is 0 Å². The molecule has 0 saturated carbocycles. The van der Waals surface area contributed by atoms with E-state index in [0.29, 0.717) is 17.9 Å². The SMILES string of the molecule is COc1cccc(COc2ccc(CN)cc2Br)c1F. The van der Waals surface area contributed by atoms with Crippen molar-refractivity contribution in [2.45, 2.75) is 13.2 Å². The fourth-order valence-corrected chi connectivity index (χ4v) is 2.31. The molecule has 0 aliphatic heterocycles. The Hall–Kier alpha value is -1.59. The molecule has 0 aliphatic carbocycles. The van der Waals surface area contributed by atoms with Crippen LogP contribution in [0.1, 0.15) is 11.1 Å². The zero-order valence-electron chi connectivity index (χ0n) is 11.0. The molecule has 106 valence electrons. The summed E-state index contributed by atoms with van der Waals surface area (Å²) in [6.07, 6.45) is 0. The number of hydrogen-bond acceptors (Lipinski definition) is 3. The van der Waals surface area contributed by atoms with Gasteiger partial charge in [0.15, 0.2) is 11.6 Å². The van der Waals surface area contributed by atoms with Crippen LogP contribution >= 0.6 is 15.9 Å². The average Bonchev–Trinajstić information content (AvgIpc) is 2.47. The number of nitrogens with two attached hydrogens (primary N) is 1. The molecule has 2 aromatic carbocycles. The second-order valence-electron chi connectivity index (χ2n) is 4.19. The van der Waals surface area contributed by atoms with E-state index in [1.165, 1.54) is 7.11 Å². The van der Waals surface area contributed by atoms with Gasteiger partial charge in [0.2, 0.25) is 0 Å². The van der Waals surface area contributed by atoms with Crippen molar-refractivity contribution in [2.75, 3.05) is 7.11 Å². The molecule has 2 rings (SSSR count). The highest BCUT2D eigenvalue weighted by Crippen LogP contribution is 2.28. The van der Waals surface area contributed by atoms with Crippen molar-refractivity contribution < 1.29 is 13.9 Å². The van der Waals surface area contributed by atoms with Crippen molar-refractivity contribution in [2.24, 2.45) is 5.73 Å². The highest BCUT2D eigenvalue weighted by atomic mass is 79.9. The Bertz CT molecular complexity index is 604. The fourth-order valence-electron chi connectivity index (χ4n) is 1.77. The van der Waals surface area contributed by atoms with Crippen LogP contribution in [0, 0.1) is 5.82 Å². The lowest BCUT2D eigenvalue weighted by Crippen LogP contribution is -2.01. The molecular weight excluding hydrogens is 325 g/mol. The first-order valence-corrected chi connectivity index (χ1v) is 6.87. The molecule has 0 amide bonds. The van der Waals surface area contributed by atoms with E-state index in [1.54, 1.807) is 18.2 Å². The highest BCUT2D eigenvalue weighted by molar-refractivity contribution is 9.10. The summed E-state index contributed by atoms with van der Waals surface area (Å²) in [6, 6.07) is 10.5. The third-order valence-corrected chi connectivity index (χ3v) is 3.50. The van der Waals surface area contributed by atoms with Crippen LogP contribution in [0.5, 0.6) is 11.5 Å². The lowest BCUT2D eigenvalue weighted by Gasteiger charge is -2.11. The largest absolute Gasteiger partial charge is 0.494 e. The zero-order valence-corrected chi connectivity index (χ0v) is 12.6. The fraction of sp³-hybridized carbons (Fsp3) is 0.200. The van der Waals surface area contributed by atoms with E-state index in [1.807, 2.05) is 18.2 Å². The summed E-state index contributed by atoms with van der Waals surface area (Å²) in [6.45, 7) is 0.590. The van der Waals surface area contributed by atoms with Gasteiger partial charge in [0, 0.05) is 12.1 Å². The van der Waals surface area contributed by atoms with Gasteiger partial charge < -0.3 is 15.2 Å². The molecule has 0 fully saturated rings. The molecule has 3 nitrogen and oxygen atoms in total. The molecule has 2 aromatic rings. The third kappa shape index (κ3) is 3.29. The smallest absolute Gasteiger partial charge is 0.171 e. The molecule has 20 heavy (non-hydrogen) atoms. The van der Waals surface area contributed by atoms with Gasteiger partial charge in [-0.25, -0.2) is 4.39 Å². The van der Waals surface area contributed by atoms with Crippen molar-refractivity contribution in [3.8, 4) is 11.5 Å². The Labute approximate surface area is 125 Å². The van der Waals surface area contributed by atoms with E-state index in [-0.39, 0.29) is 12.4 Å². The summed E-state index contributed by atoms with van der Waals surface area (Å²) in [5.74, 6) is 0.456. The first-order valence-electron chi connectivity index (χ1n) is 6.08. The normalized spacial score (nSPS) is 10.4. The lowest BCUT2D eigenvalue weighted by molar-refractivity contribution is 0.294. The number of ether oxygens (including phenoxy) is 2. The van der Waals surface area contributed by atoms with E-state index < -0.39 is 5.82 Å². The molecule has 0 spiro atoms. The van der Waals surface area contributed by atoms with E-state index in [9.17, 15) is 4.39 Å². The minimum Gasteiger partial charge on any atom is -0.494 e. The van der Waals surface area contributed by atoms with E-state index in [2.05, 4.69) is 15.9 Å². The number of hydrogen-bond donors (Lipinski definition) is 1. The summed E-state index contributed by atoms with van der Waals surface area (Å²) in [5, 5.41) is 0. The van der Waals surface area contributed by atoms with Gasteiger partial charge >= 0.3 is 0 Å². The van der Waals surface area contributed by atoms with E-state index in [4.69, 9.17) is 15.2 Å². The van der Waals surface area contributed by atoms with Gasteiger partial charge in [-0.15, -0.1) is 0 Å². The van der Waals surface area contributed by atoms with Gasteiger partial charge in [-0.1, -0.05) is 18.2 Å². The van der Waals surface area contributed by atoms with Gasteiger partial charge in [-0.3, -0.25) is 0 Å². The van der Waals surface area contributed by atoms with Crippen LogP contribution in [-0.2, 0) is 13.2 Å². The second-order valence-corrected chi connectivity index (χ2v) is 5.05. The van der Waals surface area contributed by atoms with Crippen LogP contribution in [0.15, 0.2) is 40.9 Å². The second kappa shape index (κ2) is 6.72. The predicted octanol–water partition coefficient (Wildman–Crippen LogP) is 3.63. The number of rotatable bonds is 5. The van der Waals surface area contributed by atoms with Gasteiger partial charge in [-0.05, 0) is 39.7 Å². The van der Waals surface area contributed by atoms with Gasteiger partial charge in [0.1, 0.15) is 12.4 Å². The van der Waals surface area contributed by atoms with Crippen molar-refractivity contribution in [3.05, 3.63) is 57.8 Å². The quantitative estimate of drug-likeness (QED) is 0.904. The molecule has 0 unspecified atom stereocenters. The maximum atomic E-state index is 14.0. The summed E-state index contributed by atoms with van der Waals surface area (Å²) in [5.41, 5.74) is 7.00. The Balaban J connectivity index is 2.13. The minimum atomic E-state index is -0.398. The van der Waals surface area contributed by atoms with Crippen LogP contribution in [0.3, 0.4) is 0 Å². The van der Waals surface area contributed by atoms with Crippen molar-refractivity contribution in [1.82, 2.24) is 0 Å². The Morgan fingerprint density at radius 2 is 2.00 bits per heavy atom. The van der Waals surface area contributed by atoms with Crippen molar-refractivity contribution >= 4 is 15.9 Å². The van der Waals surface area contributed by atoms with Gasteiger partial charge in [0.25, 0.3) is 0 Å². The van der Waals surface area contributed by atoms with Crippen LogP contribution in [0.4, 0.5) is 4.39 Å². The molecule has 0 aliphatic rings. The van der Waals surface area contributed by atoms with Crippen molar-refractivity contribution in [1.29, 1.82) is 0 Å². The maximum Gasteiger partial charge on any atom is 0.171 e. The van der Waals surface area contributed by atoms with E-state index in [0.717, 1.165) is 10.0 Å². The topological polar surface area (TPSA) is 44.5 Å². The maximum absolute atomic E-state index is 14.0. The molecule has 0 atom stereocenters. The third-order valence-electron chi connectivity index (χ3n) is 2.88. The molecule has 0 saturated heterocycles.